The number of carbonyl (C=O) groups excluding carboxylic acids is 1. The lowest BCUT2D eigenvalue weighted by Crippen LogP contribution is -2.29. The lowest BCUT2D eigenvalue weighted by atomic mass is 10.2. The Morgan fingerprint density at radius 3 is 2.59 bits per heavy atom. The van der Waals surface area contributed by atoms with E-state index in [9.17, 15) is 4.79 Å². The lowest BCUT2D eigenvalue weighted by Gasteiger charge is -2.17. The van der Waals surface area contributed by atoms with Crippen LogP contribution in [-0.4, -0.2) is 39.4 Å². The summed E-state index contributed by atoms with van der Waals surface area (Å²) in [4.78, 5) is 27.1. The quantitative estimate of drug-likeness (QED) is 0.543. The monoisotopic (exact) mass is 383 g/mol. The molecule has 4 aromatic rings. The molecule has 6 heteroatoms. The Balaban J connectivity index is 1.42. The molecule has 4 rings (SSSR count). The first-order chi connectivity index (χ1) is 14.2. The Morgan fingerprint density at radius 2 is 1.79 bits per heavy atom. The van der Waals surface area contributed by atoms with E-state index in [1.807, 2.05) is 48.5 Å². The molecule has 0 spiro atoms. The highest BCUT2D eigenvalue weighted by atomic mass is 16.2. The number of likely N-dealkylation sites (N-methyl/N-ethyl adjacent to an activating group) is 1. The molecule has 3 aromatic heterocycles. The fourth-order valence-electron chi connectivity index (χ4n) is 3.10. The Morgan fingerprint density at radius 1 is 0.966 bits per heavy atom. The molecule has 1 aromatic carbocycles. The van der Waals surface area contributed by atoms with Gasteiger partial charge >= 0.3 is 0 Å². The van der Waals surface area contributed by atoms with Gasteiger partial charge in [-0.1, -0.05) is 18.2 Å². The van der Waals surface area contributed by atoms with E-state index in [2.05, 4.69) is 20.3 Å². The van der Waals surface area contributed by atoms with E-state index in [4.69, 9.17) is 0 Å². The van der Waals surface area contributed by atoms with Gasteiger partial charge in [-0.25, -0.2) is 4.98 Å². The van der Waals surface area contributed by atoms with Crippen LogP contribution in [0.15, 0.2) is 79.4 Å². The van der Waals surface area contributed by atoms with Crippen LogP contribution in [0.3, 0.4) is 0 Å². The van der Waals surface area contributed by atoms with Crippen molar-refractivity contribution in [2.75, 3.05) is 18.9 Å². The van der Waals surface area contributed by atoms with Gasteiger partial charge in [-0.2, -0.15) is 0 Å². The van der Waals surface area contributed by atoms with Crippen LogP contribution in [0.4, 0.5) is 11.4 Å². The fourth-order valence-corrected chi connectivity index (χ4v) is 3.10. The third-order valence-corrected chi connectivity index (χ3v) is 4.73. The van der Waals surface area contributed by atoms with Crippen LogP contribution < -0.4 is 5.32 Å². The molecular formula is C23H21N5O. The van der Waals surface area contributed by atoms with Gasteiger partial charge in [0, 0.05) is 37.6 Å². The van der Waals surface area contributed by atoms with Crippen LogP contribution in [-0.2, 0) is 6.42 Å². The van der Waals surface area contributed by atoms with Crippen LogP contribution in [0.2, 0.25) is 0 Å². The van der Waals surface area contributed by atoms with Gasteiger partial charge < -0.3 is 10.2 Å². The number of rotatable bonds is 6. The zero-order valence-electron chi connectivity index (χ0n) is 16.1. The number of nitrogens with one attached hydrogen (secondary N) is 1. The molecule has 1 N–H and O–H groups in total. The third kappa shape index (κ3) is 4.38. The number of pyridine rings is 3. The van der Waals surface area contributed by atoms with Gasteiger partial charge in [0.1, 0.15) is 5.69 Å². The minimum Gasteiger partial charge on any atom is -0.352 e. The van der Waals surface area contributed by atoms with Crippen molar-refractivity contribution >= 4 is 28.2 Å². The van der Waals surface area contributed by atoms with E-state index in [-0.39, 0.29) is 5.91 Å². The first kappa shape index (κ1) is 18.6. The molecule has 0 saturated carbocycles. The molecule has 144 valence electrons. The van der Waals surface area contributed by atoms with Crippen molar-refractivity contribution in [3.05, 3.63) is 90.6 Å². The second-order valence-corrected chi connectivity index (χ2v) is 6.77. The standard InChI is InChI=1S/C23H21N5O/c1-28(15-11-17-9-13-24-14-10-17)23(29)21-8-7-19(16-26-21)27-20-6-2-4-18-5-3-12-25-22(18)20/h2-10,12-14,16,27H,11,15H2,1H3. The highest BCUT2D eigenvalue weighted by Gasteiger charge is 2.13. The summed E-state index contributed by atoms with van der Waals surface area (Å²) in [6.45, 7) is 0.617. The molecule has 0 saturated heterocycles. The number of aromatic nitrogens is 3. The molecule has 0 atom stereocenters. The molecule has 0 unspecified atom stereocenters. The van der Waals surface area contributed by atoms with Crippen LogP contribution >= 0.6 is 0 Å². The first-order valence-electron chi connectivity index (χ1n) is 9.42. The predicted molar refractivity (Wildman–Crippen MR) is 114 cm³/mol. The van der Waals surface area contributed by atoms with E-state index < -0.39 is 0 Å². The third-order valence-electron chi connectivity index (χ3n) is 4.73. The van der Waals surface area contributed by atoms with E-state index in [0.29, 0.717) is 12.2 Å². The highest BCUT2D eigenvalue weighted by molar-refractivity contribution is 5.93. The number of para-hydroxylation sites is 1. The minimum atomic E-state index is -0.0996. The predicted octanol–water partition coefficient (Wildman–Crippen LogP) is 4.08. The minimum absolute atomic E-state index is 0.0996. The average molecular weight is 383 g/mol. The summed E-state index contributed by atoms with van der Waals surface area (Å²) in [5, 5.41) is 4.40. The van der Waals surface area contributed by atoms with Crippen molar-refractivity contribution in [3.63, 3.8) is 0 Å². The van der Waals surface area contributed by atoms with Crippen LogP contribution in [0.25, 0.3) is 10.9 Å². The van der Waals surface area contributed by atoms with Crippen LogP contribution in [0.1, 0.15) is 16.1 Å². The van der Waals surface area contributed by atoms with Crippen molar-refractivity contribution < 1.29 is 4.79 Å². The highest BCUT2D eigenvalue weighted by Crippen LogP contribution is 2.24. The summed E-state index contributed by atoms with van der Waals surface area (Å²) in [7, 11) is 1.79. The number of hydrogen-bond acceptors (Lipinski definition) is 5. The topological polar surface area (TPSA) is 71.0 Å². The number of amides is 1. The fraction of sp³-hybridized carbons (Fsp3) is 0.130. The number of benzene rings is 1. The molecule has 0 aliphatic carbocycles. The van der Waals surface area contributed by atoms with Crippen molar-refractivity contribution in [3.8, 4) is 0 Å². The van der Waals surface area contributed by atoms with Gasteiger partial charge in [0.15, 0.2) is 0 Å². The molecule has 0 aliphatic rings. The van der Waals surface area contributed by atoms with Gasteiger partial charge in [0.05, 0.1) is 23.1 Å². The van der Waals surface area contributed by atoms with Crippen molar-refractivity contribution in [1.29, 1.82) is 0 Å². The summed E-state index contributed by atoms with van der Waals surface area (Å²) in [6, 6.07) is 17.4. The molecule has 0 bridgehead atoms. The zero-order chi connectivity index (χ0) is 20.1. The lowest BCUT2D eigenvalue weighted by molar-refractivity contribution is 0.0791. The molecular weight excluding hydrogens is 362 g/mol. The average Bonchev–Trinajstić information content (AvgIpc) is 2.78. The molecule has 0 aliphatic heterocycles. The maximum absolute atomic E-state index is 12.6. The smallest absolute Gasteiger partial charge is 0.272 e. The summed E-state index contributed by atoms with van der Waals surface area (Å²) in [5.41, 5.74) is 4.17. The largest absolute Gasteiger partial charge is 0.352 e. The second-order valence-electron chi connectivity index (χ2n) is 6.77. The van der Waals surface area contributed by atoms with Crippen LogP contribution in [0.5, 0.6) is 0 Å². The molecule has 3 heterocycles. The second kappa shape index (κ2) is 8.48. The van der Waals surface area contributed by atoms with Gasteiger partial charge in [0.25, 0.3) is 5.91 Å². The number of anilines is 2. The van der Waals surface area contributed by atoms with Crippen molar-refractivity contribution in [1.82, 2.24) is 19.9 Å². The molecule has 6 nitrogen and oxygen atoms in total. The first-order valence-corrected chi connectivity index (χ1v) is 9.42. The van der Waals surface area contributed by atoms with Gasteiger partial charge in [0.2, 0.25) is 0 Å². The van der Waals surface area contributed by atoms with E-state index in [0.717, 1.165) is 34.3 Å². The molecule has 29 heavy (non-hydrogen) atoms. The maximum Gasteiger partial charge on any atom is 0.272 e. The Labute approximate surface area is 169 Å². The number of hydrogen-bond donors (Lipinski definition) is 1. The van der Waals surface area contributed by atoms with Crippen molar-refractivity contribution in [2.24, 2.45) is 0 Å². The molecule has 0 radical (unpaired) electrons. The zero-order valence-corrected chi connectivity index (χ0v) is 16.1. The maximum atomic E-state index is 12.6. The van der Waals surface area contributed by atoms with Gasteiger partial charge in [-0.3, -0.25) is 14.8 Å². The van der Waals surface area contributed by atoms with Crippen LogP contribution in [0, 0.1) is 0 Å². The van der Waals surface area contributed by atoms with E-state index >= 15 is 0 Å². The Kier molecular flexibility index (Phi) is 5.42. The number of fused-ring (bicyclic) bond motifs is 1. The number of carbonyl (C=O) groups is 1. The summed E-state index contributed by atoms with van der Waals surface area (Å²) in [6.07, 6.45) is 7.74. The van der Waals surface area contributed by atoms with Gasteiger partial charge in [-0.15, -0.1) is 0 Å². The van der Waals surface area contributed by atoms with Crippen molar-refractivity contribution in [2.45, 2.75) is 6.42 Å². The summed E-state index contributed by atoms with van der Waals surface area (Å²) < 4.78 is 0. The van der Waals surface area contributed by atoms with E-state index in [1.165, 1.54) is 0 Å². The summed E-state index contributed by atoms with van der Waals surface area (Å²) in [5.74, 6) is -0.0996. The molecule has 1 amide bonds. The number of nitrogens with zero attached hydrogens (tertiary/aromatic N) is 4. The Hall–Kier alpha value is -3.80. The normalized spacial score (nSPS) is 10.7. The SMILES string of the molecule is CN(CCc1ccncc1)C(=O)c1ccc(Nc2cccc3cccnc23)cn1. The molecule has 0 fully saturated rings. The Bertz CT molecular complexity index is 1110. The van der Waals surface area contributed by atoms with Gasteiger partial charge in [-0.05, 0) is 48.4 Å². The van der Waals surface area contributed by atoms with E-state index in [1.54, 1.807) is 42.8 Å². The summed E-state index contributed by atoms with van der Waals surface area (Å²) >= 11 is 0.